The SMILES string of the molecule is COc1cc(Cl)c(-c2c(C)nn3c(NCCNCCc4ccccn4)cc(C)nc23)c(Cl)c1. The van der Waals surface area contributed by atoms with Crippen LogP contribution < -0.4 is 15.4 Å². The molecule has 0 aliphatic rings. The maximum Gasteiger partial charge on any atom is 0.165 e. The van der Waals surface area contributed by atoms with Crippen molar-refractivity contribution in [1.29, 1.82) is 0 Å². The molecule has 0 amide bonds. The van der Waals surface area contributed by atoms with E-state index in [4.69, 9.17) is 38.0 Å². The second-order valence-electron chi connectivity index (χ2n) is 7.69. The molecule has 0 radical (unpaired) electrons. The number of nitrogens with one attached hydrogen (secondary N) is 2. The number of methoxy groups -OCH3 is 1. The number of halogens is 2. The molecule has 2 N–H and O–H groups in total. The van der Waals surface area contributed by atoms with Gasteiger partial charge in [0.1, 0.15) is 11.6 Å². The number of ether oxygens (including phenoxy) is 1. The molecule has 7 nitrogen and oxygen atoms in total. The van der Waals surface area contributed by atoms with Gasteiger partial charge >= 0.3 is 0 Å². The maximum absolute atomic E-state index is 6.58. The third kappa shape index (κ3) is 5.21. The van der Waals surface area contributed by atoms with Gasteiger partial charge in [-0.15, -0.1) is 0 Å². The Morgan fingerprint density at radius 3 is 2.48 bits per heavy atom. The van der Waals surface area contributed by atoms with Crippen LogP contribution in [-0.2, 0) is 6.42 Å². The van der Waals surface area contributed by atoms with Gasteiger partial charge in [0.05, 0.1) is 28.4 Å². The molecular weight excluding hydrogens is 459 g/mol. The van der Waals surface area contributed by atoms with Crippen molar-refractivity contribution in [2.24, 2.45) is 0 Å². The first-order valence-corrected chi connectivity index (χ1v) is 11.5. The van der Waals surface area contributed by atoms with Crippen molar-refractivity contribution in [2.45, 2.75) is 20.3 Å². The predicted octanol–water partition coefficient (Wildman–Crippen LogP) is 4.97. The highest BCUT2D eigenvalue weighted by Gasteiger charge is 2.21. The summed E-state index contributed by atoms with van der Waals surface area (Å²) in [4.78, 5) is 9.08. The summed E-state index contributed by atoms with van der Waals surface area (Å²) in [5.74, 6) is 1.46. The molecule has 0 aliphatic heterocycles. The number of pyridine rings is 1. The minimum atomic E-state index is 0.493. The average molecular weight is 485 g/mol. The summed E-state index contributed by atoms with van der Waals surface area (Å²) in [6, 6.07) is 11.4. The van der Waals surface area contributed by atoms with Gasteiger partial charge in [-0.3, -0.25) is 4.98 Å². The van der Waals surface area contributed by atoms with Gasteiger partial charge in [0.25, 0.3) is 0 Å². The van der Waals surface area contributed by atoms with Crippen molar-refractivity contribution >= 4 is 34.7 Å². The molecule has 1 aromatic carbocycles. The van der Waals surface area contributed by atoms with E-state index in [-0.39, 0.29) is 0 Å². The lowest BCUT2D eigenvalue weighted by molar-refractivity contribution is 0.415. The number of rotatable bonds is 9. The zero-order valence-corrected chi connectivity index (χ0v) is 20.3. The Morgan fingerprint density at radius 2 is 1.79 bits per heavy atom. The van der Waals surface area contributed by atoms with E-state index in [0.717, 1.165) is 54.5 Å². The molecule has 0 aliphatic carbocycles. The minimum Gasteiger partial charge on any atom is -0.497 e. The van der Waals surface area contributed by atoms with Gasteiger partial charge in [-0.1, -0.05) is 29.3 Å². The molecule has 9 heteroatoms. The summed E-state index contributed by atoms with van der Waals surface area (Å²) in [5, 5.41) is 12.6. The fraction of sp³-hybridized carbons (Fsp3) is 0.292. The molecule has 0 atom stereocenters. The molecule has 3 aromatic heterocycles. The molecular formula is C24H26Cl2N6O. The first-order valence-electron chi connectivity index (χ1n) is 10.7. The van der Waals surface area contributed by atoms with Crippen LogP contribution in [0.1, 0.15) is 17.1 Å². The van der Waals surface area contributed by atoms with Crippen molar-refractivity contribution in [2.75, 3.05) is 32.1 Å². The molecule has 0 bridgehead atoms. The topological polar surface area (TPSA) is 76.4 Å². The number of hydrogen-bond donors (Lipinski definition) is 2. The summed E-state index contributed by atoms with van der Waals surface area (Å²) < 4.78 is 7.08. The number of benzene rings is 1. The van der Waals surface area contributed by atoms with Gasteiger partial charge in [0, 0.05) is 55.3 Å². The molecule has 0 unspecified atom stereocenters. The quantitative estimate of drug-likeness (QED) is 0.326. The van der Waals surface area contributed by atoms with Gasteiger partial charge < -0.3 is 15.4 Å². The van der Waals surface area contributed by atoms with Crippen molar-refractivity contribution in [3.05, 3.63) is 69.7 Å². The highest BCUT2D eigenvalue weighted by Crippen LogP contribution is 2.41. The Labute approximate surface area is 203 Å². The highest BCUT2D eigenvalue weighted by atomic mass is 35.5. The van der Waals surface area contributed by atoms with E-state index in [1.165, 1.54) is 0 Å². The van der Waals surface area contributed by atoms with Gasteiger partial charge in [-0.05, 0) is 38.1 Å². The van der Waals surface area contributed by atoms with Crippen LogP contribution >= 0.6 is 23.2 Å². The van der Waals surface area contributed by atoms with Gasteiger partial charge in [-0.25, -0.2) is 4.98 Å². The van der Waals surface area contributed by atoms with Crippen molar-refractivity contribution in [3.8, 4) is 16.9 Å². The molecule has 3 heterocycles. The minimum absolute atomic E-state index is 0.493. The summed E-state index contributed by atoms with van der Waals surface area (Å²) in [6.45, 7) is 6.29. The zero-order chi connectivity index (χ0) is 23.4. The second-order valence-corrected chi connectivity index (χ2v) is 8.51. The summed E-state index contributed by atoms with van der Waals surface area (Å²) in [7, 11) is 1.58. The van der Waals surface area contributed by atoms with E-state index in [1.807, 2.05) is 48.8 Å². The number of fused-ring (bicyclic) bond motifs is 1. The predicted molar refractivity (Wildman–Crippen MR) is 134 cm³/mol. The van der Waals surface area contributed by atoms with Crippen molar-refractivity contribution in [3.63, 3.8) is 0 Å². The molecule has 4 aromatic rings. The molecule has 4 rings (SSSR count). The fourth-order valence-electron chi connectivity index (χ4n) is 3.74. The van der Waals surface area contributed by atoms with Crippen molar-refractivity contribution < 1.29 is 4.74 Å². The Morgan fingerprint density at radius 1 is 1.00 bits per heavy atom. The van der Waals surface area contributed by atoms with E-state index >= 15 is 0 Å². The Hall–Kier alpha value is -2.87. The number of aryl methyl sites for hydroxylation is 2. The van der Waals surface area contributed by atoms with E-state index in [0.29, 0.717) is 27.0 Å². The van der Waals surface area contributed by atoms with E-state index < -0.39 is 0 Å². The van der Waals surface area contributed by atoms with E-state index in [2.05, 4.69) is 15.6 Å². The molecule has 172 valence electrons. The molecule has 0 spiro atoms. The Kier molecular flexibility index (Phi) is 7.33. The van der Waals surface area contributed by atoms with Gasteiger partial charge in [0.15, 0.2) is 5.65 Å². The molecule has 33 heavy (non-hydrogen) atoms. The zero-order valence-electron chi connectivity index (χ0n) is 18.8. The molecule has 0 fully saturated rings. The lowest BCUT2D eigenvalue weighted by Gasteiger charge is -2.12. The van der Waals surface area contributed by atoms with Crippen LogP contribution in [0.5, 0.6) is 5.75 Å². The maximum atomic E-state index is 6.58. The summed E-state index contributed by atoms with van der Waals surface area (Å²) >= 11 is 13.2. The van der Waals surface area contributed by atoms with Crippen LogP contribution in [0.15, 0.2) is 42.6 Å². The number of hydrogen-bond acceptors (Lipinski definition) is 6. The fourth-order valence-corrected chi connectivity index (χ4v) is 4.39. The lowest BCUT2D eigenvalue weighted by atomic mass is 10.1. The van der Waals surface area contributed by atoms with Crippen LogP contribution in [-0.4, -0.2) is 46.3 Å². The third-order valence-electron chi connectivity index (χ3n) is 5.29. The first kappa shape index (κ1) is 23.3. The van der Waals surface area contributed by atoms with Crippen LogP contribution in [0, 0.1) is 13.8 Å². The van der Waals surface area contributed by atoms with Crippen LogP contribution in [0.25, 0.3) is 16.8 Å². The second kappa shape index (κ2) is 10.4. The number of anilines is 1. The van der Waals surface area contributed by atoms with Crippen molar-refractivity contribution in [1.82, 2.24) is 24.9 Å². The first-order chi connectivity index (χ1) is 16.0. The van der Waals surface area contributed by atoms with Crippen LogP contribution in [0.2, 0.25) is 10.0 Å². The Balaban J connectivity index is 1.52. The average Bonchev–Trinajstić information content (AvgIpc) is 3.12. The largest absolute Gasteiger partial charge is 0.497 e. The van der Waals surface area contributed by atoms with E-state index in [1.54, 1.807) is 19.2 Å². The van der Waals surface area contributed by atoms with Crippen LogP contribution in [0.3, 0.4) is 0 Å². The number of aromatic nitrogens is 4. The molecule has 0 saturated carbocycles. The van der Waals surface area contributed by atoms with E-state index in [9.17, 15) is 0 Å². The smallest absolute Gasteiger partial charge is 0.165 e. The standard InChI is InChI=1S/C24H26Cl2N6O/c1-15-12-21(29-11-10-27-9-7-17-6-4-5-8-28-17)32-24(30-15)22(16(2)31-32)23-19(25)13-18(33-3)14-20(23)26/h4-6,8,12-14,27,29H,7,9-11H2,1-3H3. The monoisotopic (exact) mass is 484 g/mol. The normalized spacial score (nSPS) is 11.2. The lowest BCUT2D eigenvalue weighted by Crippen LogP contribution is -2.25. The summed E-state index contributed by atoms with van der Waals surface area (Å²) in [5.41, 5.74) is 4.96. The highest BCUT2D eigenvalue weighted by molar-refractivity contribution is 6.39. The third-order valence-corrected chi connectivity index (χ3v) is 5.88. The van der Waals surface area contributed by atoms with Gasteiger partial charge in [-0.2, -0.15) is 9.61 Å². The van der Waals surface area contributed by atoms with Crippen LogP contribution in [0.4, 0.5) is 5.82 Å². The number of nitrogens with zero attached hydrogens (tertiary/aromatic N) is 4. The Bertz CT molecular complexity index is 1240. The molecule has 0 saturated heterocycles. The van der Waals surface area contributed by atoms with Gasteiger partial charge in [0.2, 0.25) is 0 Å². The summed E-state index contributed by atoms with van der Waals surface area (Å²) in [6.07, 6.45) is 2.71.